The summed E-state index contributed by atoms with van der Waals surface area (Å²) in [5.74, 6) is 0. The van der Waals surface area contributed by atoms with Gasteiger partial charge in [-0.1, -0.05) is 55.8 Å². The van der Waals surface area contributed by atoms with Crippen LogP contribution in [0, 0.1) is 17.8 Å². The van der Waals surface area contributed by atoms with Gasteiger partial charge in [-0.3, -0.25) is 0 Å². The van der Waals surface area contributed by atoms with Gasteiger partial charge < -0.3 is 5.32 Å². The number of nitrogens with one attached hydrogen (secondary N) is 1. The standard InChI is InChI=1S/C15H22BrN/c1-10-8-11(6-7-12(10)16)9-17-13-14(2,3)15(13,4)5/h6-8,13,17H,9H2,1-5H3. The zero-order chi connectivity index (χ0) is 12.8. The molecule has 0 aromatic heterocycles. The minimum Gasteiger partial charge on any atom is -0.309 e. The zero-order valence-electron chi connectivity index (χ0n) is 11.4. The molecule has 1 aliphatic rings. The summed E-state index contributed by atoms with van der Waals surface area (Å²) >= 11 is 3.54. The maximum atomic E-state index is 3.68. The van der Waals surface area contributed by atoms with Crippen LogP contribution in [0.5, 0.6) is 0 Å². The highest BCUT2D eigenvalue weighted by Crippen LogP contribution is 2.62. The molecule has 1 aliphatic carbocycles. The van der Waals surface area contributed by atoms with Gasteiger partial charge in [0.05, 0.1) is 0 Å². The molecule has 0 radical (unpaired) electrons. The van der Waals surface area contributed by atoms with E-state index in [2.05, 4.69) is 74.1 Å². The van der Waals surface area contributed by atoms with Crippen molar-refractivity contribution in [1.29, 1.82) is 0 Å². The second kappa shape index (κ2) is 4.10. The van der Waals surface area contributed by atoms with Gasteiger partial charge in [0.25, 0.3) is 0 Å². The van der Waals surface area contributed by atoms with Gasteiger partial charge in [-0.25, -0.2) is 0 Å². The molecule has 0 saturated heterocycles. The molecule has 1 saturated carbocycles. The largest absolute Gasteiger partial charge is 0.309 e. The number of rotatable bonds is 3. The third-order valence-electron chi connectivity index (χ3n) is 4.75. The molecule has 1 aromatic rings. The van der Waals surface area contributed by atoms with Gasteiger partial charge in [-0.15, -0.1) is 0 Å². The lowest BCUT2D eigenvalue weighted by atomic mass is 10.0. The topological polar surface area (TPSA) is 12.0 Å². The summed E-state index contributed by atoms with van der Waals surface area (Å²) in [5, 5.41) is 3.68. The summed E-state index contributed by atoms with van der Waals surface area (Å²) in [6, 6.07) is 7.19. The fourth-order valence-electron chi connectivity index (χ4n) is 2.74. The molecule has 0 bridgehead atoms. The molecule has 17 heavy (non-hydrogen) atoms. The molecule has 1 fully saturated rings. The van der Waals surface area contributed by atoms with Crippen molar-refractivity contribution in [1.82, 2.24) is 5.32 Å². The molecule has 2 rings (SSSR count). The minimum absolute atomic E-state index is 0.414. The lowest BCUT2D eigenvalue weighted by molar-refractivity contribution is 0.457. The van der Waals surface area contributed by atoms with Crippen LogP contribution in [0.4, 0.5) is 0 Å². The van der Waals surface area contributed by atoms with Crippen molar-refractivity contribution in [3.05, 3.63) is 33.8 Å². The monoisotopic (exact) mass is 295 g/mol. The molecule has 0 amide bonds. The van der Waals surface area contributed by atoms with Gasteiger partial charge in [-0.2, -0.15) is 0 Å². The van der Waals surface area contributed by atoms with E-state index in [1.807, 2.05) is 0 Å². The van der Waals surface area contributed by atoms with Crippen LogP contribution in [0.3, 0.4) is 0 Å². The highest BCUT2D eigenvalue weighted by molar-refractivity contribution is 9.10. The van der Waals surface area contributed by atoms with Crippen LogP contribution >= 0.6 is 15.9 Å². The summed E-state index contributed by atoms with van der Waals surface area (Å²) in [7, 11) is 0. The molecule has 1 N–H and O–H groups in total. The summed E-state index contributed by atoms with van der Waals surface area (Å²) < 4.78 is 1.19. The summed E-state index contributed by atoms with van der Waals surface area (Å²) in [5.41, 5.74) is 3.50. The van der Waals surface area contributed by atoms with E-state index < -0.39 is 0 Å². The lowest BCUT2D eigenvalue weighted by Gasteiger charge is -2.08. The maximum absolute atomic E-state index is 3.68. The second-order valence-corrected chi connectivity index (χ2v) is 7.20. The van der Waals surface area contributed by atoms with Crippen molar-refractivity contribution in [2.24, 2.45) is 10.8 Å². The molecule has 0 aliphatic heterocycles. The van der Waals surface area contributed by atoms with Crippen LogP contribution in [0.15, 0.2) is 22.7 Å². The van der Waals surface area contributed by atoms with E-state index in [1.54, 1.807) is 0 Å². The maximum Gasteiger partial charge on any atom is 0.0208 e. The molecule has 0 unspecified atom stereocenters. The SMILES string of the molecule is Cc1cc(CNC2C(C)(C)C2(C)C)ccc1Br. The van der Waals surface area contributed by atoms with Crippen molar-refractivity contribution < 1.29 is 0 Å². The first-order valence-corrected chi connectivity index (χ1v) is 7.04. The molecule has 0 atom stereocenters. The van der Waals surface area contributed by atoms with Crippen molar-refractivity contribution in [2.45, 2.75) is 47.2 Å². The van der Waals surface area contributed by atoms with E-state index >= 15 is 0 Å². The van der Waals surface area contributed by atoms with E-state index in [0.29, 0.717) is 16.9 Å². The Kier molecular flexibility index (Phi) is 3.16. The molecule has 0 heterocycles. The van der Waals surface area contributed by atoms with Gasteiger partial charge in [0.2, 0.25) is 0 Å². The van der Waals surface area contributed by atoms with Crippen molar-refractivity contribution in [3.8, 4) is 0 Å². The lowest BCUT2D eigenvalue weighted by Crippen LogP contribution is -2.21. The number of aryl methyl sites for hydroxylation is 1. The van der Waals surface area contributed by atoms with Gasteiger partial charge >= 0.3 is 0 Å². The average molecular weight is 296 g/mol. The average Bonchev–Trinajstić information content (AvgIpc) is 2.61. The number of hydrogen-bond acceptors (Lipinski definition) is 1. The predicted molar refractivity (Wildman–Crippen MR) is 77.1 cm³/mol. The molecule has 1 nitrogen and oxygen atoms in total. The molecule has 0 spiro atoms. The first kappa shape index (κ1) is 13.1. The summed E-state index contributed by atoms with van der Waals surface area (Å²) in [6.07, 6.45) is 0. The fraction of sp³-hybridized carbons (Fsp3) is 0.600. The predicted octanol–water partition coefficient (Wildman–Crippen LogP) is 4.28. The van der Waals surface area contributed by atoms with Gasteiger partial charge in [0.1, 0.15) is 0 Å². The van der Waals surface area contributed by atoms with E-state index in [4.69, 9.17) is 0 Å². The second-order valence-electron chi connectivity index (χ2n) is 6.34. The van der Waals surface area contributed by atoms with E-state index in [9.17, 15) is 0 Å². The van der Waals surface area contributed by atoms with E-state index in [0.717, 1.165) is 6.54 Å². The molecular formula is C15H22BrN. The van der Waals surface area contributed by atoms with Gasteiger partial charge in [0, 0.05) is 17.1 Å². The Morgan fingerprint density at radius 3 is 2.24 bits per heavy atom. The summed E-state index contributed by atoms with van der Waals surface area (Å²) in [4.78, 5) is 0. The van der Waals surface area contributed by atoms with Crippen LogP contribution < -0.4 is 5.32 Å². The van der Waals surface area contributed by atoms with Crippen LogP contribution in [0.25, 0.3) is 0 Å². The third kappa shape index (κ3) is 2.17. The Hall–Kier alpha value is -0.340. The smallest absolute Gasteiger partial charge is 0.0208 e. The van der Waals surface area contributed by atoms with E-state index in [-0.39, 0.29) is 0 Å². The Balaban J connectivity index is 1.98. The Morgan fingerprint density at radius 2 is 1.76 bits per heavy atom. The van der Waals surface area contributed by atoms with Crippen molar-refractivity contribution in [2.75, 3.05) is 0 Å². The Labute approximate surface area is 113 Å². The zero-order valence-corrected chi connectivity index (χ0v) is 13.0. The first-order chi connectivity index (χ1) is 7.76. The van der Waals surface area contributed by atoms with E-state index in [1.165, 1.54) is 15.6 Å². The molecular weight excluding hydrogens is 274 g/mol. The fourth-order valence-corrected chi connectivity index (χ4v) is 2.99. The first-order valence-electron chi connectivity index (χ1n) is 6.25. The third-order valence-corrected chi connectivity index (χ3v) is 5.64. The van der Waals surface area contributed by atoms with Crippen LogP contribution in [-0.4, -0.2) is 6.04 Å². The number of hydrogen-bond donors (Lipinski definition) is 1. The number of benzene rings is 1. The Morgan fingerprint density at radius 1 is 1.18 bits per heavy atom. The van der Waals surface area contributed by atoms with Crippen LogP contribution in [-0.2, 0) is 6.54 Å². The molecule has 2 heteroatoms. The van der Waals surface area contributed by atoms with Gasteiger partial charge in [0.15, 0.2) is 0 Å². The quantitative estimate of drug-likeness (QED) is 0.877. The molecule has 94 valence electrons. The Bertz CT molecular complexity index is 421. The van der Waals surface area contributed by atoms with Crippen LogP contribution in [0.2, 0.25) is 0 Å². The van der Waals surface area contributed by atoms with Crippen LogP contribution in [0.1, 0.15) is 38.8 Å². The highest BCUT2D eigenvalue weighted by atomic mass is 79.9. The summed E-state index contributed by atoms with van der Waals surface area (Å²) in [6.45, 7) is 12.5. The highest BCUT2D eigenvalue weighted by Gasteiger charge is 2.64. The van der Waals surface area contributed by atoms with Crippen molar-refractivity contribution >= 4 is 15.9 Å². The van der Waals surface area contributed by atoms with Gasteiger partial charge in [-0.05, 0) is 34.9 Å². The molecule has 1 aromatic carbocycles. The normalized spacial score (nSPS) is 21.5. The minimum atomic E-state index is 0.414. The van der Waals surface area contributed by atoms with Crippen molar-refractivity contribution in [3.63, 3.8) is 0 Å². The number of halogens is 1.